The predicted octanol–water partition coefficient (Wildman–Crippen LogP) is 4.10. The number of rotatable bonds is 9. The summed E-state index contributed by atoms with van der Waals surface area (Å²) in [5, 5.41) is 3.97. The van der Waals surface area contributed by atoms with E-state index in [1.165, 1.54) is 33.6 Å². The third-order valence-corrected chi connectivity index (χ3v) is 4.64. The number of hydrogen-bond acceptors (Lipinski definition) is 7. The first-order chi connectivity index (χ1) is 16.5. The van der Waals surface area contributed by atoms with Gasteiger partial charge in [-0.15, -0.1) is 0 Å². The molecule has 1 amide bonds. The van der Waals surface area contributed by atoms with Gasteiger partial charge in [-0.05, 0) is 53.6 Å². The summed E-state index contributed by atoms with van der Waals surface area (Å²) in [6.45, 7) is 0. The summed E-state index contributed by atoms with van der Waals surface area (Å²) in [6, 6.07) is 19.1. The van der Waals surface area contributed by atoms with Crippen LogP contribution in [0.1, 0.15) is 21.5 Å². The Hall–Kier alpha value is -4.59. The Morgan fingerprint density at radius 2 is 1.44 bits per heavy atom. The summed E-state index contributed by atoms with van der Waals surface area (Å²) < 4.78 is 21.1. The molecular formula is C26H24N2O6. The molecule has 0 heterocycles. The fourth-order valence-electron chi connectivity index (χ4n) is 2.93. The summed E-state index contributed by atoms with van der Waals surface area (Å²) in [6.07, 6.45) is 4.45. The normalized spacial score (nSPS) is 10.8. The van der Waals surface area contributed by atoms with E-state index in [2.05, 4.69) is 10.5 Å². The van der Waals surface area contributed by atoms with Crippen molar-refractivity contribution >= 4 is 24.2 Å². The van der Waals surface area contributed by atoms with Crippen LogP contribution in [0, 0.1) is 0 Å². The minimum absolute atomic E-state index is 0.261. The van der Waals surface area contributed by atoms with E-state index in [4.69, 9.17) is 18.9 Å². The Kier molecular flexibility index (Phi) is 8.40. The molecule has 0 saturated heterocycles. The third-order valence-electron chi connectivity index (χ3n) is 4.64. The first kappa shape index (κ1) is 24.1. The van der Waals surface area contributed by atoms with Crippen LogP contribution >= 0.6 is 0 Å². The number of methoxy groups -OCH3 is 3. The Balaban J connectivity index is 1.63. The molecule has 174 valence electrons. The van der Waals surface area contributed by atoms with Crippen LogP contribution in [-0.2, 0) is 4.79 Å². The van der Waals surface area contributed by atoms with E-state index in [-0.39, 0.29) is 5.75 Å². The zero-order valence-electron chi connectivity index (χ0n) is 19.0. The van der Waals surface area contributed by atoms with Gasteiger partial charge in [-0.1, -0.05) is 30.3 Å². The minimum atomic E-state index is -0.536. The molecule has 0 aliphatic rings. The number of benzene rings is 3. The molecule has 0 saturated carbocycles. The van der Waals surface area contributed by atoms with Gasteiger partial charge in [-0.3, -0.25) is 4.79 Å². The quantitative estimate of drug-likeness (QED) is 0.170. The van der Waals surface area contributed by atoms with E-state index < -0.39 is 11.9 Å². The number of carbonyl (C=O) groups excluding carboxylic acids is 2. The maximum Gasteiger partial charge on any atom is 0.336 e. The van der Waals surface area contributed by atoms with Crippen LogP contribution in [-0.4, -0.2) is 39.4 Å². The van der Waals surface area contributed by atoms with Gasteiger partial charge in [0.1, 0.15) is 0 Å². The Morgan fingerprint density at radius 1 is 0.765 bits per heavy atom. The largest absolute Gasteiger partial charge is 0.493 e. The van der Waals surface area contributed by atoms with E-state index in [9.17, 15) is 9.59 Å². The summed E-state index contributed by atoms with van der Waals surface area (Å²) in [5.74, 6) is 0.609. The number of nitrogens with one attached hydrogen (secondary N) is 1. The van der Waals surface area contributed by atoms with Gasteiger partial charge in [0.25, 0.3) is 5.91 Å². The van der Waals surface area contributed by atoms with E-state index in [1.807, 2.05) is 30.3 Å². The lowest BCUT2D eigenvalue weighted by molar-refractivity contribution is -0.129. The van der Waals surface area contributed by atoms with Crippen molar-refractivity contribution in [1.82, 2.24) is 5.43 Å². The zero-order chi connectivity index (χ0) is 24.3. The Labute approximate surface area is 197 Å². The molecule has 3 aromatic rings. The van der Waals surface area contributed by atoms with Crippen LogP contribution < -0.4 is 24.4 Å². The van der Waals surface area contributed by atoms with Crippen molar-refractivity contribution in [2.45, 2.75) is 0 Å². The smallest absolute Gasteiger partial charge is 0.336 e. The summed E-state index contributed by atoms with van der Waals surface area (Å²) >= 11 is 0. The van der Waals surface area contributed by atoms with Crippen molar-refractivity contribution in [3.8, 4) is 23.0 Å². The molecule has 0 fully saturated rings. The molecule has 0 radical (unpaired) electrons. The number of carbonyl (C=O) groups is 2. The third kappa shape index (κ3) is 6.46. The average molecular weight is 460 g/mol. The van der Waals surface area contributed by atoms with Crippen molar-refractivity contribution < 1.29 is 28.5 Å². The van der Waals surface area contributed by atoms with Crippen molar-refractivity contribution in [2.75, 3.05) is 21.3 Å². The monoisotopic (exact) mass is 460 g/mol. The second-order valence-corrected chi connectivity index (χ2v) is 6.84. The Bertz CT molecular complexity index is 1210. The maximum atomic E-state index is 12.4. The molecular weight excluding hydrogens is 436 g/mol. The lowest BCUT2D eigenvalue weighted by Crippen LogP contribution is -2.17. The highest BCUT2D eigenvalue weighted by atomic mass is 16.6. The number of hydrogen-bond donors (Lipinski definition) is 1. The van der Waals surface area contributed by atoms with E-state index in [1.54, 1.807) is 42.5 Å². The predicted molar refractivity (Wildman–Crippen MR) is 129 cm³/mol. The summed E-state index contributed by atoms with van der Waals surface area (Å²) in [5.41, 5.74) is 4.32. The summed E-state index contributed by atoms with van der Waals surface area (Å²) in [7, 11) is 4.47. The van der Waals surface area contributed by atoms with Crippen LogP contribution in [0.3, 0.4) is 0 Å². The van der Waals surface area contributed by atoms with E-state index in [0.29, 0.717) is 28.4 Å². The van der Waals surface area contributed by atoms with Gasteiger partial charge >= 0.3 is 5.97 Å². The fourth-order valence-corrected chi connectivity index (χ4v) is 2.93. The molecule has 3 rings (SSSR count). The molecule has 34 heavy (non-hydrogen) atoms. The second kappa shape index (κ2) is 11.9. The van der Waals surface area contributed by atoms with Crippen molar-refractivity contribution in [1.29, 1.82) is 0 Å². The van der Waals surface area contributed by atoms with Gasteiger partial charge in [-0.25, -0.2) is 10.2 Å². The van der Waals surface area contributed by atoms with Crippen molar-refractivity contribution in [2.24, 2.45) is 5.10 Å². The first-order valence-corrected chi connectivity index (χ1v) is 10.2. The number of esters is 1. The van der Waals surface area contributed by atoms with Gasteiger partial charge in [0.05, 0.1) is 27.5 Å². The molecule has 8 heteroatoms. The van der Waals surface area contributed by atoms with Crippen LogP contribution in [0.5, 0.6) is 23.0 Å². The molecule has 0 aliphatic heterocycles. The molecule has 0 spiro atoms. The van der Waals surface area contributed by atoms with Gasteiger partial charge in [0.2, 0.25) is 0 Å². The highest BCUT2D eigenvalue weighted by Gasteiger charge is 2.11. The van der Waals surface area contributed by atoms with Gasteiger partial charge in [-0.2, -0.15) is 5.10 Å². The molecule has 3 aromatic carbocycles. The molecule has 0 unspecified atom stereocenters. The van der Waals surface area contributed by atoms with Crippen molar-refractivity contribution in [3.05, 3.63) is 89.5 Å². The van der Waals surface area contributed by atoms with E-state index in [0.717, 1.165) is 5.56 Å². The summed E-state index contributed by atoms with van der Waals surface area (Å²) in [4.78, 5) is 24.5. The minimum Gasteiger partial charge on any atom is -0.493 e. The van der Waals surface area contributed by atoms with Crippen LogP contribution in [0.15, 0.2) is 77.9 Å². The molecule has 0 aromatic heterocycles. The highest BCUT2D eigenvalue weighted by molar-refractivity contribution is 5.95. The Morgan fingerprint density at radius 3 is 2.15 bits per heavy atom. The number of ether oxygens (including phenoxy) is 4. The maximum absolute atomic E-state index is 12.4. The molecule has 1 N–H and O–H groups in total. The number of amides is 1. The van der Waals surface area contributed by atoms with Crippen LogP contribution in [0.25, 0.3) is 6.08 Å². The van der Waals surface area contributed by atoms with Crippen LogP contribution in [0.2, 0.25) is 0 Å². The zero-order valence-corrected chi connectivity index (χ0v) is 19.0. The second-order valence-electron chi connectivity index (χ2n) is 6.84. The average Bonchev–Trinajstić information content (AvgIpc) is 2.88. The lowest BCUT2D eigenvalue weighted by Gasteiger charge is -2.09. The van der Waals surface area contributed by atoms with E-state index >= 15 is 0 Å². The molecule has 0 atom stereocenters. The standard InChI is InChI=1S/C26H24N2O6/c1-31-21-13-11-20(16-24(21)33-3)26(30)28-27-17-19-9-12-22(23(15-19)32-2)34-25(29)14-10-18-7-5-4-6-8-18/h4-17H,1-3H3,(H,28,30). The molecule has 0 aliphatic carbocycles. The van der Waals surface area contributed by atoms with Gasteiger partial charge in [0, 0.05) is 11.6 Å². The fraction of sp³-hybridized carbons (Fsp3) is 0.115. The topological polar surface area (TPSA) is 95.5 Å². The lowest BCUT2D eigenvalue weighted by atomic mass is 10.2. The first-order valence-electron chi connectivity index (χ1n) is 10.2. The molecule has 0 bridgehead atoms. The van der Waals surface area contributed by atoms with Crippen LogP contribution in [0.4, 0.5) is 0 Å². The number of hydrazone groups is 1. The van der Waals surface area contributed by atoms with Gasteiger partial charge in [0.15, 0.2) is 23.0 Å². The van der Waals surface area contributed by atoms with Crippen molar-refractivity contribution in [3.63, 3.8) is 0 Å². The highest BCUT2D eigenvalue weighted by Crippen LogP contribution is 2.28. The van der Waals surface area contributed by atoms with Gasteiger partial charge < -0.3 is 18.9 Å². The molecule has 8 nitrogen and oxygen atoms in total. The SMILES string of the molecule is COc1ccc(C(=O)NN=Cc2ccc(OC(=O)C=Cc3ccccc3)c(OC)c2)cc1OC. The number of nitrogens with zero attached hydrogens (tertiary/aromatic N) is 1.